The molecule has 2 aromatic heterocycles. The van der Waals surface area contributed by atoms with Gasteiger partial charge in [-0.05, 0) is 67.0 Å². The lowest BCUT2D eigenvalue weighted by Crippen LogP contribution is -2.77. The van der Waals surface area contributed by atoms with Gasteiger partial charge in [0.2, 0.25) is 0 Å². The SMILES string of the molecule is COC(=O)C1CCC[N+]12c1cc3[nH]ccc3cc1C1(CC3CCC1C3)C21C=Nc2cc(-c3ccccc3)c3ncccc3c2O1. The van der Waals surface area contributed by atoms with Crippen LogP contribution in [0.1, 0.15) is 44.1 Å². The number of ether oxygens (including phenoxy) is 2. The number of fused-ring (bicyclic) bond motifs is 12. The van der Waals surface area contributed by atoms with E-state index in [2.05, 4.69) is 65.8 Å². The number of methoxy groups -OCH3 is 1. The summed E-state index contributed by atoms with van der Waals surface area (Å²) in [7, 11) is 1.53. The fourth-order valence-corrected chi connectivity index (χ4v) is 10.6. The first kappa shape index (κ1) is 25.8. The van der Waals surface area contributed by atoms with Gasteiger partial charge in [0, 0.05) is 53.2 Å². The highest BCUT2D eigenvalue weighted by Gasteiger charge is 2.82. The number of rotatable bonds is 2. The van der Waals surface area contributed by atoms with Crippen LogP contribution in [0.4, 0.5) is 11.4 Å². The quantitative estimate of drug-likeness (QED) is 0.169. The zero-order valence-electron chi connectivity index (χ0n) is 25.3. The van der Waals surface area contributed by atoms with Crippen LogP contribution in [0.25, 0.3) is 32.9 Å². The Bertz CT molecular complexity index is 2090. The summed E-state index contributed by atoms with van der Waals surface area (Å²) in [6.07, 6.45) is 12.3. The first-order chi connectivity index (χ1) is 22.1. The van der Waals surface area contributed by atoms with Crippen LogP contribution in [0, 0.1) is 11.8 Å². The molecule has 6 atom stereocenters. The number of nitrogens with one attached hydrogen (secondary N) is 1. The number of carbonyl (C=O) groups excluding carboxylic acids is 1. The summed E-state index contributed by atoms with van der Waals surface area (Å²) in [5.41, 5.74) is 6.27. The lowest BCUT2D eigenvalue weighted by Gasteiger charge is -2.54. The number of hydrogen-bond donors (Lipinski definition) is 1. The van der Waals surface area contributed by atoms with E-state index in [1.54, 1.807) is 0 Å². The van der Waals surface area contributed by atoms with Crippen LogP contribution >= 0.6 is 0 Å². The molecular formula is C38H35N4O3+. The first-order valence-electron chi connectivity index (χ1n) is 16.4. The minimum Gasteiger partial charge on any atom is -0.465 e. The van der Waals surface area contributed by atoms with E-state index in [9.17, 15) is 4.79 Å². The normalized spacial score (nSPS) is 32.2. The van der Waals surface area contributed by atoms with Gasteiger partial charge in [0.1, 0.15) is 23.0 Å². The Balaban J connectivity index is 1.29. The summed E-state index contributed by atoms with van der Waals surface area (Å²) in [6.45, 7) is 0.789. The monoisotopic (exact) mass is 595 g/mol. The number of nitrogens with zero attached hydrogens (tertiary/aromatic N) is 3. The predicted molar refractivity (Wildman–Crippen MR) is 176 cm³/mol. The van der Waals surface area contributed by atoms with E-state index in [-0.39, 0.29) is 17.4 Å². The van der Waals surface area contributed by atoms with Crippen LogP contribution in [0.15, 0.2) is 84.1 Å². The molecule has 0 amide bonds. The fraction of sp³-hybridized carbons (Fsp3) is 0.342. The van der Waals surface area contributed by atoms with Crippen LogP contribution in [-0.2, 0) is 14.9 Å². The Morgan fingerprint density at radius 3 is 2.80 bits per heavy atom. The van der Waals surface area contributed by atoms with Crippen LogP contribution in [0.5, 0.6) is 5.75 Å². The molecule has 5 heterocycles. The lowest BCUT2D eigenvalue weighted by atomic mass is 9.63. The fourth-order valence-electron chi connectivity index (χ4n) is 10.6. The van der Waals surface area contributed by atoms with Gasteiger partial charge in [0.15, 0.2) is 11.8 Å². The van der Waals surface area contributed by atoms with E-state index in [1.165, 1.54) is 43.0 Å². The number of aliphatic imine (C=N–C) groups is 1. The number of esters is 1. The smallest absolute Gasteiger partial charge is 0.365 e. The number of hydrogen-bond acceptors (Lipinski definition) is 5. The molecule has 5 aliphatic rings. The summed E-state index contributed by atoms with van der Waals surface area (Å²) in [6, 6.07) is 23.1. The van der Waals surface area contributed by atoms with E-state index in [4.69, 9.17) is 19.5 Å². The van der Waals surface area contributed by atoms with E-state index >= 15 is 0 Å². The summed E-state index contributed by atoms with van der Waals surface area (Å²) in [5.74, 6) is 1.68. The largest absolute Gasteiger partial charge is 0.465 e. The van der Waals surface area contributed by atoms with Gasteiger partial charge in [0.05, 0.1) is 24.7 Å². The van der Waals surface area contributed by atoms with Crippen LogP contribution in [-0.4, -0.2) is 47.6 Å². The van der Waals surface area contributed by atoms with Crippen molar-refractivity contribution in [3.8, 4) is 16.9 Å². The van der Waals surface area contributed by atoms with E-state index in [1.807, 2.05) is 24.5 Å². The second-order valence-corrected chi connectivity index (χ2v) is 13.9. The second-order valence-electron chi connectivity index (χ2n) is 13.9. The number of aromatic amines is 1. The highest BCUT2D eigenvalue weighted by Crippen LogP contribution is 2.72. The Morgan fingerprint density at radius 2 is 1.98 bits per heavy atom. The Morgan fingerprint density at radius 1 is 1.07 bits per heavy atom. The lowest BCUT2D eigenvalue weighted by molar-refractivity contribution is -0.153. The van der Waals surface area contributed by atoms with E-state index in [0.29, 0.717) is 16.3 Å². The van der Waals surface area contributed by atoms with Crippen molar-refractivity contribution >= 4 is 45.4 Å². The van der Waals surface area contributed by atoms with Crippen molar-refractivity contribution in [3.05, 3.63) is 84.7 Å². The molecule has 0 radical (unpaired) electrons. The highest BCUT2D eigenvalue weighted by molar-refractivity contribution is 6.04. The minimum atomic E-state index is -0.895. The third kappa shape index (κ3) is 2.98. The number of quaternary nitrogens is 1. The average molecular weight is 596 g/mol. The molecule has 1 saturated heterocycles. The maximum absolute atomic E-state index is 13.9. The second kappa shape index (κ2) is 8.82. The average Bonchev–Trinajstić information content (AvgIpc) is 3.92. The highest BCUT2D eigenvalue weighted by atomic mass is 16.5. The topological polar surface area (TPSA) is 76.6 Å². The molecule has 2 bridgehead atoms. The molecule has 45 heavy (non-hydrogen) atoms. The third-order valence-corrected chi connectivity index (χ3v) is 12.2. The zero-order chi connectivity index (χ0) is 30.0. The van der Waals surface area contributed by atoms with E-state index in [0.717, 1.165) is 64.8 Å². The minimum absolute atomic E-state index is 0.168. The molecular weight excluding hydrogens is 560 g/mol. The van der Waals surface area contributed by atoms with Crippen molar-refractivity contribution in [1.29, 1.82) is 0 Å². The van der Waals surface area contributed by atoms with Gasteiger partial charge in [-0.25, -0.2) is 14.3 Å². The molecule has 6 unspecified atom stereocenters. The number of benzene rings is 3. The zero-order valence-corrected chi connectivity index (χ0v) is 25.3. The van der Waals surface area contributed by atoms with Crippen molar-refractivity contribution in [2.45, 2.75) is 55.7 Å². The van der Waals surface area contributed by atoms with Gasteiger partial charge in [-0.1, -0.05) is 36.8 Å². The maximum Gasteiger partial charge on any atom is 0.365 e. The summed E-state index contributed by atoms with van der Waals surface area (Å²) in [5, 5.41) is 2.16. The van der Waals surface area contributed by atoms with Crippen molar-refractivity contribution in [1.82, 2.24) is 14.5 Å². The van der Waals surface area contributed by atoms with Crippen molar-refractivity contribution in [2.24, 2.45) is 16.8 Å². The van der Waals surface area contributed by atoms with Gasteiger partial charge >= 0.3 is 5.97 Å². The van der Waals surface area contributed by atoms with Gasteiger partial charge in [-0.2, -0.15) is 0 Å². The molecule has 224 valence electrons. The first-order valence-corrected chi connectivity index (χ1v) is 16.4. The molecule has 10 rings (SSSR count). The maximum atomic E-state index is 13.9. The molecule has 1 N–H and O–H groups in total. The number of pyridine rings is 1. The van der Waals surface area contributed by atoms with Crippen molar-refractivity contribution in [3.63, 3.8) is 0 Å². The van der Waals surface area contributed by atoms with Crippen molar-refractivity contribution in [2.75, 3.05) is 13.7 Å². The number of carbonyl (C=O) groups is 1. The molecule has 3 fully saturated rings. The number of H-pyrrole nitrogens is 1. The third-order valence-electron chi connectivity index (χ3n) is 12.2. The van der Waals surface area contributed by atoms with Crippen LogP contribution < -0.4 is 9.22 Å². The van der Waals surface area contributed by atoms with Gasteiger partial charge < -0.3 is 14.5 Å². The molecule has 3 aliphatic heterocycles. The molecule has 5 aromatic rings. The van der Waals surface area contributed by atoms with Gasteiger partial charge in [-0.3, -0.25) is 4.98 Å². The summed E-state index contributed by atoms with van der Waals surface area (Å²) in [4.78, 5) is 27.7. The number of aromatic nitrogens is 2. The summed E-state index contributed by atoms with van der Waals surface area (Å²) >= 11 is 0. The Hall–Kier alpha value is -4.49. The molecule has 2 saturated carbocycles. The van der Waals surface area contributed by atoms with Crippen LogP contribution in [0.2, 0.25) is 0 Å². The van der Waals surface area contributed by atoms with Gasteiger partial charge in [0.25, 0.3) is 5.72 Å². The molecule has 3 aromatic carbocycles. The Labute approximate surface area is 261 Å². The van der Waals surface area contributed by atoms with Crippen LogP contribution in [0.3, 0.4) is 0 Å². The van der Waals surface area contributed by atoms with Crippen molar-refractivity contribution < 1.29 is 14.3 Å². The molecule has 2 aliphatic carbocycles. The van der Waals surface area contributed by atoms with Gasteiger partial charge in [-0.15, -0.1) is 0 Å². The summed E-state index contributed by atoms with van der Waals surface area (Å²) < 4.78 is 13.8. The Kier molecular flexibility index (Phi) is 5.06. The standard InChI is InChI=1S/C38H35N4O3/c1-44-36(43)32-10-6-16-42(32)33-20-30-25(13-15-39-30)18-29(33)37(21-23-11-12-26(37)17-23)38(42)22-41-31-19-28(24-7-3-2-4-8-24)34-27(35(31)45-38)9-5-14-40-34/h2-5,7-9,13-15,18-20,22-23,26,32,39H,6,10-12,16-17,21H2,1H3/q+1. The van der Waals surface area contributed by atoms with E-state index < -0.39 is 5.72 Å². The predicted octanol–water partition coefficient (Wildman–Crippen LogP) is 7.59. The molecule has 7 heteroatoms. The molecule has 7 nitrogen and oxygen atoms in total. The molecule has 3 spiro atoms.